The van der Waals surface area contributed by atoms with Gasteiger partial charge in [0.25, 0.3) is 5.91 Å². The molecule has 0 saturated carbocycles. The smallest absolute Gasteiger partial charge is 0.253 e. The zero-order valence-electron chi connectivity index (χ0n) is 25.2. The number of hydrogen-bond acceptors (Lipinski definition) is 7. The number of carbonyl (C=O) groups excluding carboxylic acids is 2. The number of benzene rings is 1. The normalized spacial score (nSPS) is 14.9. The van der Waals surface area contributed by atoms with Gasteiger partial charge in [0.15, 0.2) is 5.78 Å². The Morgan fingerprint density at radius 1 is 1.10 bits per heavy atom. The van der Waals surface area contributed by atoms with Crippen molar-refractivity contribution in [2.24, 2.45) is 0 Å². The lowest BCUT2D eigenvalue weighted by molar-refractivity contribution is 0.0940. The van der Waals surface area contributed by atoms with E-state index in [2.05, 4.69) is 57.1 Å². The van der Waals surface area contributed by atoms with Gasteiger partial charge in [-0.25, -0.2) is 4.98 Å². The summed E-state index contributed by atoms with van der Waals surface area (Å²) in [4.78, 5) is 38.4. The fourth-order valence-electron chi connectivity index (χ4n) is 5.71. The maximum absolute atomic E-state index is 12.9. The van der Waals surface area contributed by atoms with Crippen molar-refractivity contribution in [1.82, 2.24) is 20.2 Å². The first-order chi connectivity index (χ1) is 19.7. The van der Waals surface area contributed by atoms with Crippen LogP contribution in [-0.4, -0.2) is 65.4 Å². The Bertz CT molecular complexity index is 1330. The van der Waals surface area contributed by atoms with E-state index in [1.807, 2.05) is 31.5 Å². The molecule has 0 bridgehead atoms. The number of methoxy groups -OCH3 is 1. The molecule has 1 atom stereocenters. The molecule has 3 heterocycles. The van der Waals surface area contributed by atoms with Gasteiger partial charge in [-0.2, -0.15) is 0 Å². The van der Waals surface area contributed by atoms with Gasteiger partial charge in [-0.05, 0) is 100 Å². The Morgan fingerprint density at radius 3 is 2.41 bits per heavy atom. The van der Waals surface area contributed by atoms with Crippen molar-refractivity contribution in [3.05, 3.63) is 82.4 Å². The SMILES string of the molecule is COc1ccc(N(Cc2cnccc2C)C2CCN(C(C)CCNC(=O)c3c(C)cc(C(C)=O)nc3C)CC2)cc1. The van der Waals surface area contributed by atoms with Crippen molar-refractivity contribution in [3.63, 3.8) is 0 Å². The molecule has 8 heteroatoms. The van der Waals surface area contributed by atoms with E-state index in [1.54, 1.807) is 20.1 Å². The summed E-state index contributed by atoms with van der Waals surface area (Å²) in [6.07, 6.45) is 6.82. The molecule has 0 aliphatic carbocycles. The number of rotatable bonds is 11. The zero-order valence-corrected chi connectivity index (χ0v) is 25.2. The molecule has 0 spiro atoms. The number of piperidine rings is 1. The summed E-state index contributed by atoms with van der Waals surface area (Å²) in [6.45, 7) is 12.9. The molecule has 1 N–H and O–H groups in total. The van der Waals surface area contributed by atoms with Crippen molar-refractivity contribution >= 4 is 17.4 Å². The molecule has 1 amide bonds. The summed E-state index contributed by atoms with van der Waals surface area (Å²) < 4.78 is 5.39. The van der Waals surface area contributed by atoms with Gasteiger partial charge >= 0.3 is 0 Å². The average Bonchev–Trinajstić information content (AvgIpc) is 2.96. The van der Waals surface area contributed by atoms with Crippen LogP contribution in [0.1, 0.15) is 76.3 Å². The zero-order chi connectivity index (χ0) is 29.5. The first-order valence-corrected chi connectivity index (χ1v) is 14.5. The monoisotopic (exact) mass is 557 g/mol. The summed E-state index contributed by atoms with van der Waals surface area (Å²) in [5, 5.41) is 3.07. The predicted molar refractivity (Wildman–Crippen MR) is 163 cm³/mol. The van der Waals surface area contributed by atoms with Crippen LogP contribution in [0.25, 0.3) is 0 Å². The van der Waals surface area contributed by atoms with Crippen LogP contribution in [0.15, 0.2) is 48.8 Å². The third-order valence-electron chi connectivity index (χ3n) is 8.29. The van der Waals surface area contributed by atoms with Gasteiger partial charge in [-0.3, -0.25) is 14.6 Å². The minimum absolute atomic E-state index is 0.0972. The summed E-state index contributed by atoms with van der Waals surface area (Å²) in [5.74, 6) is 0.631. The summed E-state index contributed by atoms with van der Waals surface area (Å²) >= 11 is 0. The second-order valence-corrected chi connectivity index (χ2v) is 11.1. The highest BCUT2D eigenvalue weighted by Gasteiger charge is 2.28. The van der Waals surface area contributed by atoms with E-state index in [1.165, 1.54) is 23.7 Å². The van der Waals surface area contributed by atoms with Gasteiger partial charge in [0.05, 0.1) is 18.4 Å². The van der Waals surface area contributed by atoms with Gasteiger partial charge in [0.2, 0.25) is 0 Å². The maximum Gasteiger partial charge on any atom is 0.253 e. The molecule has 3 aromatic rings. The Hall–Kier alpha value is -3.78. The van der Waals surface area contributed by atoms with Crippen LogP contribution in [0.4, 0.5) is 5.69 Å². The van der Waals surface area contributed by atoms with Gasteiger partial charge in [0.1, 0.15) is 11.4 Å². The lowest BCUT2D eigenvalue weighted by Crippen LogP contribution is -2.48. The number of aryl methyl sites for hydroxylation is 3. The Morgan fingerprint density at radius 2 is 1.80 bits per heavy atom. The van der Waals surface area contributed by atoms with Gasteiger partial charge in [-0.15, -0.1) is 0 Å². The second-order valence-electron chi connectivity index (χ2n) is 11.1. The van der Waals surface area contributed by atoms with Crippen LogP contribution >= 0.6 is 0 Å². The molecule has 218 valence electrons. The number of amides is 1. The molecule has 8 nitrogen and oxygen atoms in total. The van der Waals surface area contributed by atoms with Crippen molar-refractivity contribution in [1.29, 1.82) is 0 Å². The van der Waals surface area contributed by atoms with E-state index >= 15 is 0 Å². The molecule has 1 saturated heterocycles. The van der Waals surface area contributed by atoms with E-state index in [-0.39, 0.29) is 11.7 Å². The Labute approximate surface area is 244 Å². The maximum atomic E-state index is 12.9. The number of pyridine rings is 2. The topological polar surface area (TPSA) is 87.7 Å². The van der Waals surface area contributed by atoms with E-state index < -0.39 is 0 Å². The molecule has 1 aliphatic heterocycles. The standard InChI is InChI=1S/C33H43N5O3/c1-22-11-15-34-20-27(22)21-38(28-7-9-30(41-6)10-8-28)29-13-17-37(18-14-29)24(3)12-16-35-33(40)32-23(2)19-31(26(5)39)36-25(32)4/h7-11,15,19-20,24,29H,12-14,16-18,21H2,1-6H3,(H,35,40). The molecular formula is C33H43N5O3. The van der Waals surface area contributed by atoms with E-state index in [0.29, 0.717) is 35.6 Å². The number of nitrogens with one attached hydrogen (secondary N) is 1. The van der Waals surface area contributed by atoms with Crippen LogP contribution in [0.3, 0.4) is 0 Å². The van der Waals surface area contributed by atoms with Crippen molar-refractivity contribution in [3.8, 4) is 5.75 Å². The van der Waals surface area contributed by atoms with Crippen molar-refractivity contribution in [2.45, 2.75) is 72.5 Å². The lowest BCUT2D eigenvalue weighted by Gasteiger charge is -2.42. The highest BCUT2D eigenvalue weighted by atomic mass is 16.5. The van der Waals surface area contributed by atoms with E-state index in [4.69, 9.17) is 4.74 Å². The quantitative estimate of drug-likeness (QED) is 0.321. The summed E-state index contributed by atoms with van der Waals surface area (Å²) in [7, 11) is 1.69. The molecule has 1 fully saturated rings. The fraction of sp³-hybridized carbons (Fsp3) is 0.455. The number of carbonyl (C=O) groups is 2. The van der Waals surface area contributed by atoms with Gasteiger partial charge < -0.3 is 19.9 Å². The molecule has 1 aromatic carbocycles. The van der Waals surface area contributed by atoms with E-state index in [9.17, 15) is 9.59 Å². The second kappa shape index (κ2) is 13.7. The van der Waals surface area contributed by atoms with E-state index in [0.717, 1.165) is 50.2 Å². The molecule has 4 rings (SSSR count). The third kappa shape index (κ3) is 7.50. The van der Waals surface area contributed by atoms with Crippen LogP contribution in [0.5, 0.6) is 5.75 Å². The summed E-state index contributed by atoms with van der Waals surface area (Å²) in [5.41, 5.74) is 6.01. The van der Waals surface area contributed by atoms with Crippen LogP contribution in [0.2, 0.25) is 0 Å². The number of Topliss-reactive ketones (excluding diaryl/α,β-unsaturated/α-hetero) is 1. The highest BCUT2D eigenvalue weighted by Crippen LogP contribution is 2.29. The molecule has 41 heavy (non-hydrogen) atoms. The number of nitrogens with zero attached hydrogens (tertiary/aromatic N) is 4. The first-order valence-electron chi connectivity index (χ1n) is 14.5. The summed E-state index contributed by atoms with van der Waals surface area (Å²) in [6, 6.07) is 12.9. The molecule has 1 unspecified atom stereocenters. The van der Waals surface area contributed by atoms with Crippen molar-refractivity contribution in [2.75, 3.05) is 31.6 Å². The lowest BCUT2D eigenvalue weighted by atomic mass is 9.99. The Kier molecular flexibility index (Phi) is 10.1. The average molecular weight is 558 g/mol. The third-order valence-corrected chi connectivity index (χ3v) is 8.29. The van der Waals surface area contributed by atoms with Crippen LogP contribution < -0.4 is 15.0 Å². The van der Waals surface area contributed by atoms with Gasteiger partial charge in [-0.1, -0.05) is 0 Å². The number of ether oxygens (including phenoxy) is 1. The van der Waals surface area contributed by atoms with Crippen LogP contribution in [-0.2, 0) is 6.54 Å². The molecular weight excluding hydrogens is 514 g/mol. The minimum Gasteiger partial charge on any atom is -0.497 e. The number of anilines is 1. The Balaban J connectivity index is 1.34. The van der Waals surface area contributed by atoms with Crippen LogP contribution in [0, 0.1) is 20.8 Å². The predicted octanol–water partition coefficient (Wildman–Crippen LogP) is 5.29. The van der Waals surface area contributed by atoms with Gasteiger partial charge in [0, 0.05) is 63.3 Å². The number of ketones is 1. The molecule has 1 aliphatic rings. The minimum atomic E-state index is -0.130. The van der Waals surface area contributed by atoms with Crippen molar-refractivity contribution < 1.29 is 14.3 Å². The molecule has 0 radical (unpaired) electrons. The largest absolute Gasteiger partial charge is 0.497 e. The number of hydrogen-bond donors (Lipinski definition) is 1. The highest BCUT2D eigenvalue weighted by molar-refractivity contribution is 5.98. The first kappa shape index (κ1) is 30.2. The molecule has 2 aromatic heterocycles. The number of likely N-dealkylation sites (tertiary alicyclic amines) is 1. The fourth-order valence-corrected chi connectivity index (χ4v) is 5.71. The number of aromatic nitrogens is 2.